The van der Waals surface area contributed by atoms with Gasteiger partial charge in [0.05, 0.1) is 19.0 Å². The second-order valence-electron chi connectivity index (χ2n) is 4.41. The van der Waals surface area contributed by atoms with Crippen LogP contribution in [0, 0.1) is 6.92 Å². The summed E-state index contributed by atoms with van der Waals surface area (Å²) in [6.45, 7) is 2.12. The molecule has 108 valence electrons. The number of methoxy groups -OCH3 is 2. The van der Waals surface area contributed by atoms with Crippen molar-refractivity contribution in [2.75, 3.05) is 14.2 Å². The van der Waals surface area contributed by atoms with Crippen molar-refractivity contribution < 1.29 is 9.47 Å². The first-order valence-electron chi connectivity index (χ1n) is 6.16. The molecule has 20 heavy (non-hydrogen) atoms. The van der Waals surface area contributed by atoms with E-state index in [-0.39, 0.29) is 0 Å². The monoisotopic (exact) mass is 418 g/mol. The fraction of sp³-hybridized carbons (Fsp3) is 0.333. The van der Waals surface area contributed by atoms with E-state index < -0.39 is 0 Å². The minimum absolute atomic E-state index is 0.301. The van der Waals surface area contributed by atoms with E-state index in [4.69, 9.17) is 9.47 Å². The molecule has 2 nitrogen and oxygen atoms in total. The maximum atomic E-state index is 5.34. The Bertz CT molecular complexity index is 576. The number of rotatable bonds is 5. The molecule has 0 aliphatic rings. The van der Waals surface area contributed by atoms with Crippen LogP contribution >= 0.6 is 43.2 Å². The summed E-state index contributed by atoms with van der Waals surface area (Å²) in [6.07, 6.45) is 0.909. The van der Waals surface area contributed by atoms with E-state index in [9.17, 15) is 0 Å². The molecule has 0 fully saturated rings. The smallest absolute Gasteiger partial charge is 0.160 e. The standard InChI is InChI=1S/C15H16Br2O2S/c1-9-11(16)8-15(20-9)12(17)6-10-4-5-13(18-2)14(7-10)19-3/h4-5,7-8,12H,6H2,1-3H3. The quantitative estimate of drug-likeness (QED) is 0.594. The van der Waals surface area contributed by atoms with Crippen LogP contribution in [0.4, 0.5) is 0 Å². The predicted molar refractivity (Wildman–Crippen MR) is 91.7 cm³/mol. The SMILES string of the molecule is COc1ccc(CC(Br)c2cc(Br)c(C)s2)cc1OC. The molecular formula is C15H16Br2O2S. The zero-order valence-corrected chi connectivity index (χ0v) is 15.6. The normalized spacial score (nSPS) is 12.2. The average molecular weight is 420 g/mol. The summed E-state index contributed by atoms with van der Waals surface area (Å²) in [6, 6.07) is 8.23. The van der Waals surface area contributed by atoms with Gasteiger partial charge in [-0.25, -0.2) is 0 Å². The molecule has 1 unspecified atom stereocenters. The van der Waals surface area contributed by atoms with Crippen LogP contribution in [0.1, 0.15) is 20.1 Å². The van der Waals surface area contributed by atoms with Crippen LogP contribution < -0.4 is 9.47 Å². The molecule has 0 saturated heterocycles. The molecule has 0 aliphatic carbocycles. The average Bonchev–Trinajstić information content (AvgIpc) is 2.78. The number of ether oxygens (including phenoxy) is 2. The van der Waals surface area contributed by atoms with Crippen molar-refractivity contribution in [1.29, 1.82) is 0 Å². The Labute approximate surface area is 140 Å². The van der Waals surface area contributed by atoms with Crippen molar-refractivity contribution >= 4 is 43.2 Å². The van der Waals surface area contributed by atoms with Gasteiger partial charge in [0.15, 0.2) is 11.5 Å². The number of halogens is 2. The van der Waals surface area contributed by atoms with Gasteiger partial charge in [-0.15, -0.1) is 11.3 Å². The molecule has 5 heteroatoms. The highest BCUT2D eigenvalue weighted by Crippen LogP contribution is 2.37. The first-order chi connectivity index (χ1) is 9.55. The van der Waals surface area contributed by atoms with E-state index >= 15 is 0 Å². The zero-order valence-electron chi connectivity index (χ0n) is 11.6. The molecule has 0 N–H and O–H groups in total. The van der Waals surface area contributed by atoms with Crippen molar-refractivity contribution in [3.8, 4) is 11.5 Å². The zero-order chi connectivity index (χ0) is 14.7. The molecule has 2 rings (SSSR count). The molecule has 0 spiro atoms. The Balaban J connectivity index is 2.17. The number of alkyl halides is 1. The van der Waals surface area contributed by atoms with Crippen molar-refractivity contribution in [3.05, 3.63) is 44.1 Å². The van der Waals surface area contributed by atoms with Gasteiger partial charge in [0.25, 0.3) is 0 Å². The molecule has 0 bridgehead atoms. The number of hydrogen-bond acceptors (Lipinski definition) is 3. The van der Waals surface area contributed by atoms with Crippen molar-refractivity contribution in [1.82, 2.24) is 0 Å². The Morgan fingerprint density at radius 2 is 1.85 bits per heavy atom. The predicted octanol–water partition coefficient (Wildman–Crippen LogP) is 5.51. The van der Waals surface area contributed by atoms with Gasteiger partial charge in [-0.05, 0) is 53.0 Å². The van der Waals surface area contributed by atoms with Crippen LogP contribution in [0.2, 0.25) is 0 Å². The van der Waals surface area contributed by atoms with Gasteiger partial charge in [0.2, 0.25) is 0 Å². The Kier molecular flexibility index (Phi) is 5.52. The molecule has 2 aromatic rings. The number of aryl methyl sites for hydroxylation is 1. The van der Waals surface area contributed by atoms with Crippen molar-refractivity contribution in [3.63, 3.8) is 0 Å². The van der Waals surface area contributed by atoms with Crippen molar-refractivity contribution in [2.24, 2.45) is 0 Å². The van der Waals surface area contributed by atoms with Gasteiger partial charge in [-0.2, -0.15) is 0 Å². The van der Waals surface area contributed by atoms with Crippen LogP contribution in [0.25, 0.3) is 0 Å². The highest BCUT2D eigenvalue weighted by molar-refractivity contribution is 9.10. The van der Waals surface area contributed by atoms with Crippen molar-refractivity contribution in [2.45, 2.75) is 18.2 Å². The van der Waals surface area contributed by atoms with E-state index in [0.29, 0.717) is 4.83 Å². The lowest BCUT2D eigenvalue weighted by molar-refractivity contribution is 0.354. The lowest BCUT2D eigenvalue weighted by atomic mass is 10.1. The van der Waals surface area contributed by atoms with Crippen LogP contribution in [0.5, 0.6) is 11.5 Å². The second kappa shape index (κ2) is 6.96. The maximum Gasteiger partial charge on any atom is 0.160 e. The number of thiophene rings is 1. The third kappa shape index (κ3) is 3.57. The second-order valence-corrected chi connectivity index (χ2v) is 7.66. The Morgan fingerprint density at radius 3 is 2.40 bits per heavy atom. The van der Waals surface area contributed by atoms with E-state index in [1.165, 1.54) is 19.8 Å². The maximum absolute atomic E-state index is 5.34. The highest BCUT2D eigenvalue weighted by atomic mass is 79.9. The van der Waals surface area contributed by atoms with Gasteiger partial charge >= 0.3 is 0 Å². The fourth-order valence-corrected chi connectivity index (χ4v) is 4.28. The first-order valence-corrected chi connectivity index (χ1v) is 8.68. The molecule has 0 saturated carbocycles. The molecule has 0 amide bonds. The third-order valence-corrected chi connectivity index (χ3v) is 6.42. The van der Waals surface area contributed by atoms with Crippen LogP contribution in [-0.4, -0.2) is 14.2 Å². The van der Waals surface area contributed by atoms with E-state index in [1.807, 2.05) is 23.5 Å². The summed E-state index contributed by atoms with van der Waals surface area (Å²) in [5, 5.41) is 0. The Morgan fingerprint density at radius 1 is 1.15 bits per heavy atom. The van der Waals surface area contributed by atoms with E-state index in [0.717, 1.165) is 17.9 Å². The van der Waals surface area contributed by atoms with Crippen LogP contribution in [0.15, 0.2) is 28.7 Å². The molecule has 0 aliphatic heterocycles. The number of benzene rings is 1. The first kappa shape index (κ1) is 15.9. The van der Waals surface area contributed by atoms with Gasteiger partial charge in [-0.3, -0.25) is 0 Å². The molecular weight excluding hydrogens is 404 g/mol. The summed E-state index contributed by atoms with van der Waals surface area (Å²) in [5.41, 5.74) is 1.21. The van der Waals surface area contributed by atoms with Crippen LogP contribution in [-0.2, 0) is 6.42 Å². The summed E-state index contributed by atoms with van der Waals surface area (Å²) in [5.74, 6) is 1.53. The molecule has 1 aromatic carbocycles. The third-order valence-electron chi connectivity index (χ3n) is 3.05. The molecule has 0 radical (unpaired) electrons. The minimum Gasteiger partial charge on any atom is -0.493 e. The summed E-state index contributed by atoms with van der Waals surface area (Å²) in [4.78, 5) is 2.93. The lowest BCUT2D eigenvalue weighted by Crippen LogP contribution is -1.96. The van der Waals surface area contributed by atoms with E-state index in [2.05, 4.69) is 50.9 Å². The summed E-state index contributed by atoms with van der Waals surface area (Å²) < 4.78 is 11.8. The van der Waals surface area contributed by atoms with Crippen LogP contribution in [0.3, 0.4) is 0 Å². The van der Waals surface area contributed by atoms with Gasteiger partial charge in [0, 0.05) is 14.2 Å². The number of hydrogen-bond donors (Lipinski definition) is 0. The summed E-state index contributed by atoms with van der Waals surface area (Å²) >= 11 is 9.14. The van der Waals surface area contributed by atoms with Gasteiger partial charge in [-0.1, -0.05) is 22.0 Å². The lowest BCUT2D eigenvalue weighted by Gasteiger charge is -2.11. The molecule has 1 heterocycles. The highest BCUT2D eigenvalue weighted by Gasteiger charge is 2.14. The summed E-state index contributed by atoms with van der Waals surface area (Å²) in [7, 11) is 3.31. The minimum atomic E-state index is 0.301. The van der Waals surface area contributed by atoms with Gasteiger partial charge < -0.3 is 9.47 Å². The molecule has 1 aromatic heterocycles. The largest absolute Gasteiger partial charge is 0.493 e. The topological polar surface area (TPSA) is 18.5 Å². The molecule has 1 atom stereocenters. The van der Waals surface area contributed by atoms with E-state index in [1.54, 1.807) is 14.2 Å². The Hall–Kier alpha value is -0.520. The fourth-order valence-electron chi connectivity index (χ4n) is 1.95. The van der Waals surface area contributed by atoms with Gasteiger partial charge in [0.1, 0.15) is 0 Å².